The van der Waals surface area contributed by atoms with Crippen molar-refractivity contribution in [3.63, 3.8) is 0 Å². The first-order valence-electron chi connectivity index (χ1n) is 4.97. The second-order valence-electron chi connectivity index (χ2n) is 4.09. The largest absolute Gasteiger partial charge is 0.303 e. The molecule has 0 saturated carbocycles. The normalized spacial score (nSPS) is 24.3. The first-order chi connectivity index (χ1) is 6.51. The summed E-state index contributed by atoms with van der Waals surface area (Å²) in [4.78, 5) is 2.30. The summed E-state index contributed by atoms with van der Waals surface area (Å²) in [6.45, 7) is 2.99. The summed E-state index contributed by atoms with van der Waals surface area (Å²) in [7, 11) is -2.79. The zero-order valence-corrected chi connectivity index (χ0v) is 10.1. The van der Waals surface area contributed by atoms with E-state index in [-0.39, 0.29) is 0 Å². The van der Waals surface area contributed by atoms with Crippen molar-refractivity contribution in [2.45, 2.75) is 12.8 Å². The van der Waals surface area contributed by atoms with Crippen LogP contribution in [0.2, 0.25) is 0 Å². The highest BCUT2D eigenvalue weighted by atomic mass is 35.5. The Kier molecular flexibility index (Phi) is 4.67. The van der Waals surface area contributed by atoms with E-state index < -0.39 is 9.84 Å². The number of rotatable bonds is 5. The van der Waals surface area contributed by atoms with Gasteiger partial charge in [0.15, 0.2) is 0 Å². The fourth-order valence-electron chi connectivity index (χ4n) is 1.79. The molecule has 1 saturated heterocycles. The van der Waals surface area contributed by atoms with Gasteiger partial charge in [-0.2, -0.15) is 0 Å². The summed E-state index contributed by atoms with van der Waals surface area (Å²) in [5.41, 5.74) is 0. The summed E-state index contributed by atoms with van der Waals surface area (Å²) >= 11 is 5.76. The lowest BCUT2D eigenvalue weighted by atomic mass is 10.2. The molecule has 0 radical (unpaired) electrons. The fraction of sp³-hybridized carbons (Fsp3) is 1.00. The van der Waals surface area contributed by atoms with Crippen LogP contribution in [0.15, 0.2) is 0 Å². The van der Waals surface area contributed by atoms with E-state index in [1.54, 1.807) is 0 Å². The molecule has 0 bridgehead atoms. The molecule has 84 valence electrons. The maximum atomic E-state index is 10.9. The first kappa shape index (κ1) is 12.3. The Morgan fingerprint density at radius 3 is 2.71 bits per heavy atom. The van der Waals surface area contributed by atoms with Crippen LogP contribution in [0, 0.1) is 5.92 Å². The Bertz CT molecular complexity index is 266. The molecular formula is C9H18ClNO2S. The van der Waals surface area contributed by atoms with Crippen LogP contribution >= 0.6 is 11.6 Å². The molecule has 14 heavy (non-hydrogen) atoms. The molecule has 5 heteroatoms. The molecule has 3 nitrogen and oxygen atoms in total. The zero-order chi connectivity index (χ0) is 10.6. The quantitative estimate of drug-likeness (QED) is 0.672. The molecule has 1 heterocycles. The minimum Gasteiger partial charge on any atom is -0.303 e. The summed E-state index contributed by atoms with van der Waals surface area (Å²) in [6.07, 6.45) is 3.19. The Morgan fingerprint density at radius 1 is 1.50 bits per heavy atom. The number of hydrogen-bond donors (Lipinski definition) is 0. The van der Waals surface area contributed by atoms with Crippen LogP contribution in [0.5, 0.6) is 0 Å². The van der Waals surface area contributed by atoms with E-state index in [4.69, 9.17) is 11.6 Å². The second kappa shape index (κ2) is 5.33. The SMILES string of the molecule is CS(=O)(=O)CCCN1CCC(CCl)C1. The summed E-state index contributed by atoms with van der Waals surface area (Å²) in [6, 6.07) is 0. The molecule has 1 rings (SSSR count). The van der Waals surface area contributed by atoms with Crippen molar-refractivity contribution in [1.29, 1.82) is 0 Å². The summed E-state index contributed by atoms with van der Waals surface area (Å²) in [5.74, 6) is 1.63. The van der Waals surface area contributed by atoms with Crippen molar-refractivity contribution in [2.75, 3.05) is 37.5 Å². The maximum absolute atomic E-state index is 10.9. The van der Waals surface area contributed by atoms with Crippen molar-refractivity contribution in [3.8, 4) is 0 Å². The Morgan fingerprint density at radius 2 is 2.21 bits per heavy atom. The third kappa shape index (κ3) is 4.62. The van der Waals surface area contributed by atoms with Crippen LogP contribution in [0.4, 0.5) is 0 Å². The molecule has 1 aliphatic rings. The molecule has 0 spiro atoms. The van der Waals surface area contributed by atoms with Gasteiger partial charge >= 0.3 is 0 Å². The van der Waals surface area contributed by atoms with Gasteiger partial charge in [-0.1, -0.05) is 0 Å². The third-order valence-electron chi connectivity index (χ3n) is 2.58. The molecule has 0 amide bonds. The van der Waals surface area contributed by atoms with Crippen molar-refractivity contribution in [3.05, 3.63) is 0 Å². The molecule has 1 fully saturated rings. The van der Waals surface area contributed by atoms with E-state index >= 15 is 0 Å². The predicted octanol–water partition coefficient (Wildman–Crippen LogP) is 0.982. The Hall–Kier alpha value is 0.200. The standard InChI is InChI=1S/C9H18ClNO2S/c1-14(12,13)6-2-4-11-5-3-9(7-10)8-11/h9H,2-8H2,1H3. The molecule has 0 N–H and O–H groups in total. The van der Waals surface area contributed by atoms with Crippen LogP contribution in [0.3, 0.4) is 0 Å². The van der Waals surface area contributed by atoms with Gasteiger partial charge in [0.1, 0.15) is 9.84 Å². The van der Waals surface area contributed by atoms with Gasteiger partial charge in [0.2, 0.25) is 0 Å². The van der Waals surface area contributed by atoms with E-state index in [0.29, 0.717) is 11.7 Å². The van der Waals surface area contributed by atoms with Gasteiger partial charge in [-0.15, -0.1) is 11.6 Å². The number of alkyl halides is 1. The molecule has 0 aliphatic carbocycles. The molecule has 1 aliphatic heterocycles. The highest BCUT2D eigenvalue weighted by Crippen LogP contribution is 2.17. The van der Waals surface area contributed by atoms with Gasteiger partial charge in [-0.05, 0) is 31.8 Å². The number of halogens is 1. The summed E-state index contributed by atoms with van der Waals surface area (Å²) < 4.78 is 21.8. The van der Waals surface area contributed by atoms with Gasteiger partial charge < -0.3 is 4.90 Å². The lowest BCUT2D eigenvalue weighted by Gasteiger charge is -2.14. The Labute approximate surface area is 91.3 Å². The van der Waals surface area contributed by atoms with Crippen LogP contribution in [-0.4, -0.2) is 50.8 Å². The van der Waals surface area contributed by atoms with Gasteiger partial charge in [0.05, 0.1) is 5.75 Å². The highest BCUT2D eigenvalue weighted by Gasteiger charge is 2.21. The molecule has 0 aromatic rings. The minimum absolute atomic E-state index is 0.301. The second-order valence-corrected chi connectivity index (χ2v) is 6.66. The average Bonchev–Trinajstić information content (AvgIpc) is 2.50. The van der Waals surface area contributed by atoms with Gasteiger partial charge in [0.25, 0.3) is 0 Å². The molecule has 0 aromatic carbocycles. The van der Waals surface area contributed by atoms with E-state index in [2.05, 4.69) is 4.90 Å². The van der Waals surface area contributed by atoms with Crippen LogP contribution in [0.1, 0.15) is 12.8 Å². The molecule has 1 unspecified atom stereocenters. The molecular weight excluding hydrogens is 222 g/mol. The first-order valence-corrected chi connectivity index (χ1v) is 7.57. The van der Waals surface area contributed by atoms with E-state index in [1.165, 1.54) is 6.26 Å². The van der Waals surface area contributed by atoms with Crippen molar-refractivity contribution < 1.29 is 8.42 Å². The maximum Gasteiger partial charge on any atom is 0.147 e. The van der Waals surface area contributed by atoms with Gasteiger partial charge in [0, 0.05) is 18.7 Å². The average molecular weight is 240 g/mol. The summed E-state index contributed by atoms with van der Waals surface area (Å²) in [5, 5.41) is 0. The monoisotopic (exact) mass is 239 g/mol. The topological polar surface area (TPSA) is 37.4 Å². The third-order valence-corrected chi connectivity index (χ3v) is 4.04. The fourth-order valence-corrected chi connectivity index (χ4v) is 2.70. The van der Waals surface area contributed by atoms with Crippen molar-refractivity contribution in [1.82, 2.24) is 4.90 Å². The van der Waals surface area contributed by atoms with E-state index in [0.717, 1.165) is 38.4 Å². The molecule has 1 atom stereocenters. The molecule has 0 aromatic heterocycles. The smallest absolute Gasteiger partial charge is 0.147 e. The van der Waals surface area contributed by atoms with Crippen LogP contribution < -0.4 is 0 Å². The lowest BCUT2D eigenvalue weighted by molar-refractivity contribution is 0.329. The van der Waals surface area contributed by atoms with Crippen LogP contribution in [0.25, 0.3) is 0 Å². The van der Waals surface area contributed by atoms with Gasteiger partial charge in [-0.3, -0.25) is 0 Å². The number of hydrogen-bond acceptors (Lipinski definition) is 3. The minimum atomic E-state index is -2.79. The van der Waals surface area contributed by atoms with E-state index in [9.17, 15) is 8.42 Å². The predicted molar refractivity (Wildman–Crippen MR) is 59.6 cm³/mol. The number of nitrogens with zero attached hydrogens (tertiary/aromatic N) is 1. The van der Waals surface area contributed by atoms with Gasteiger partial charge in [-0.25, -0.2) is 8.42 Å². The number of sulfone groups is 1. The number of likely N-dealkylation sites (tertiary alicyclic amines) is 1. The van der Waals surface area contributed by atoms with Crippen molar-refractivity contribution >= 4 is 21.4 Å². The highest BCUT2D eigenvalue weighted by molar-refractivity contribution is 7.90. The zero-order valence-electron chi connectivity index (χ0n) is 8.58. The van der Waals surface area contributed by atoms with E-state index in [1.807, 2.05) is 0 Å². The van der Waals surface area contributed by atoms with Crippen LogP contribution in [-0.2, 0) is 9.84 Å². The Balaban J connectivity index is 2.15. The lowest BCUT2D eigenvalue weighted by Crippen LogP contribution is -2.24. The van der Waals surface area contributed by atoms with Crippen molar-refractivity contribution in [2.24, 2.45) is 5.92 Å².